The summed E-state index contributed by atoms with van der Waals surface area (Å²) in [7, 11) is 0. The largest absolute Gasteiger partial charge is 0.456 e. The first-order valence-corrected chi connectivity index (χ1v) is 11.0. The Hall–Kier alpha value is -4.50. The molecular formula is C30H19NO2. The van der Waals surface area contributed by atoms with Gasteiger partial charge in [-0.05, 0) is 30.3 Å². The van der Waals surface area contributed by atoms with Crippen LogP contribution in [0.25, 0.3) is 55.0 Å². The van der Waals surface area contributed by atoms with Crippen molar-refractivity contribution in [1.82, 2.24) is 0 Å². The molecule has 0 fully saturated rings. The molecule has 7 aromatic rings. The highest BCUT2D eigenvalue weighted by Gasteiger charge is 2.16. The van der Waals surface area contributed by atoms with Crippen LogP contribution in [0.2, 0.25) is 0 Å². The van der Waals surface area contributed by atoms with Crippen molar-refractivity contribution in [3.63, 3.8) is 0 Å². The minimum atomic E-state index is 0.873. The molecular weight excluding hydrogens is 406 g/mol. The molecule has 7 rings (SSSR count). The maximum absolute atomic E-state index is 6.32. The lowest BCUT2D eigenvalue weighted by molar-refractivity contribution is 0.669. The van der Waals surface area contributed by atoms with Crippen LogP contribution in [0.4, 0.5) is 11.4 Å². The zero-order valence-electron chi connectivity index (χ0n) is 17.7. The van der Waals surface area contributed by atoms with Crippen molar-refractivity contribution in [2.45, 2.75) is 0 Å². The van der Waals surface area contributed by atoms with Gasteiger partial charge in [0.1, 0.15) is 22.3 Å². The molecule has 0 bridgehead atoms. The monoisotopic (exact) mass is 425 g/mol. The topological polar surface area (TPSA) is 38.3 Å². The van der Waals surface area contributed by atoms with Crippen molar-refractivity contribution in [1.29, 1.82) is 0 Å². The van der Waals surface area contributed by atoms with Crippen molar-refractivity contribution in [2.75, 3.05) is 5.32 Å². The van der Waals surface area contributed by atoms with E-state index in [1.54, 1.807) is 0 Å². The van der Waals surface area contributed by atoms with Gasteiger partial charge in [0, 0.05) is 33.0 Å². The number of hydrogen-bond acceptors (Lipinski definition) is 3. The molecule has 5 aromatic carbocycles. The van der Waals surface area contributed by atoms with Crippen LogP contribution in [0.5, 0.6) is 0 Å². The Labute approximate surface area is 189 Å². The molecule has 156 valence electrons. The number of anilines is 2. The van der Waals surface area contributed by atoms with E-state index in [0.717, 1.165) is 66.4 Å². The summed E-state index contributed by atoms with van der Waals surface area (Å²) < 4.78 is 12.4. The van der Waals surface area contributed by atoms with Gasteiger partial charge >= 0.3 is 0 Å². The highest BCUT2D eigenvalue weighted by Crippen LogP contribution is 2.41. The van der Waals surface area contributed by atoms with E-state index in [-0.39, 0.29) is 0 Å². The van der Waals surface area contributed by atoms with Crippen LogP contribution in [0.15, 0.2) is 118 Å². The zero-order valence-corrected chi connectivity index (χ0v) is 17.7. The van der Waals surface area contributed by atoms with Crippen molar-refractivity contribution in [3.05, 3.63) is 109 Å². The maximum atomic E-state index is 6.32. The summed E-state index contributed by atoms with van der Waals surface area (Å²) in [6, 6.07) is 37.2. The molecule has 0 aliphatic heterocycles. The fourth-order valence-corrected chi connectivity index (χ4v) is 4.81. The van der Waals surface area contributed by atoms with Gasteiger partial charge in [0.15, 0.2) is 0 Å². The van der Waals surface area contributed by atoms with Gasteiger partial charge in [-0.25, -0.2) is 0 Å². The van der Waals surface area contributed by atoms with Gasteiger partial charge in [-0.1, -0.05) is 78.9 Å². The van der Waals surface area contributed by atoms with Crippen molar-refractivity contribution in [3.8, 4) is 11.1 Å². The Morgan fingerprint density at radius 3 is 1.94 bits per heavy atom. The minimum Gasteiger partial charge on any atom is -0.456 e. The van der Waals surface area contributed by atoms with Crippen LogP contribution in [-0.2, 0) is 0 Å². The van der Waals surface area contributed by atoms with E-state index in [2.05, 4.69) is 72.0 Å². The lowest BCUT2D eigenvalue weighted by atomic mass is 10.00. The first-order chi connectivity index (χ1) is 16.4. The van der Waals surface area contributed by atoms with E-state index in [4.69, 9.17) is 8.83 Å². The van der Waals surface area contributed by atoms with Crippen LogP contribution in [0, 0.1) is 0 Å². The molecule has 2 aromatic heterocycles. The summed E-state index contributed by atoms with van der Waals surface area (Å²) in [4.78, 5) is 0. The molecule has 0 unspecified atom stereocenters. The lowest BCUT2D eigenvalue weighted by Gasteiger charge is -2.13. The van der Waals surface area contributed by atoms with E-state index in [1.807, 2.05) is 42.5 Å². The number of benzene rings is 5. The van der Waals surface area contributed by atoms with Crippen LogP contribution in [0.1, 0.15) is 0 Å². The van der Waals surface area contributed by atoms with Crippen LogP contribution in [0.3, 0.4) is 0 Å². The molecule has 0 saturated heterocycles. The molecule has 3 heteroatoms. The molecule has 0 aliphatic carbocycles. The SMILES string of the molecule is c1ccc(-c2cccc3c2oc2ccccc23)c(Nc2cccc3oc4ccccc4c23)c1. The third-order valence-corrected chi connectivity index (χ3v) is 6.29. The first kappa shape index (κ1) is 18.1. The van der Waals surface area contributed by atoms with Crippen molar-refractivity contribution >= 4 is 55.3 Å². The molecule has 0 aliphatic rings. The van der Waals surface area contributed by atoms with Gasteiger partial charge < -0.3 is 14.2 Å². The predicted molar refractivity (Wildman–Crippen MR) is 136 cm³/mol. The smallest absolute Gasteiger partial charge is 0.143 e. The minimum absolute atomic E-state index is 0.873. The molecule has 0 saturated carbocycles. The number of para-hydroxylation sites is 4. The van der Waals surface area contributed by atoms with E-state index in [9.17, 15) is 0 Å². The van der Waals surface area contributed by atoms with Crippen LogP contribution >= 0.6 is 0 Å². The summed E-state index contributed by atoms with van der Waals surface area (Å²) in [6.07, 6.45) is 0. The molecule has 2 heterocycles. The summed E-state index contributed by atoms with van der Waals surface area (Å²) in [5.74, 6) is 0. The number of nitrogens with one attached hydrogen (secondary N) is 1. The quantitative estimate of drug-likeness (QED) is 0.307. The molecule has 0 radical (unpaired) electrons. The van der Waals surface area contributed by atoms with Gasteiger partial charge in [-0.15, -0.1) is 0 Å². The number of hydrogen-bond donors (Lipinski definition) is 1. The van der Waals surface area contributed by atoms with Crippen LogP contribution < -0.4 is 5.32 Å². The van der Waals surface area contributed by atoms with Crippen molar-refractivity contribution < 1.29 is 8.83 Å². The number of fused-ring (bicyclic) bond motifs is 6. The standard InChI is InChI=1S/C30H19NO2/c1-4-14-24(31-25-15-8-18-28-29(25)23-11-3-6-17-27(23)32-28)19(9-1)21-12-7-13-22-20-10-2-5-16-26(20)33-30(21)22/h1-18,31H. The molecule has 0 spiro atoms. The highest BCUT2D eigenvalue weighted by molar-refractivity contribution is 6.13. The van der Waals surface area contributed by atoms with Crippen molar-refractivity contribution in [2.24, 2.45) is 0 Å². The summed E-state index contributed by atoms with van der Waals surface area (Å²) in [6.45, 7) is 0. The Bertz CT molecular complexity index is 1810. The molecule has 1 N–H and O–H groups in total. The fraction of sp³-hybridized carbons (Fsp3) is 0. The molecule has 0 atom stereocenters. The number of rotatable bonds is 3. The molecule has 33 heavy (non-hydrogen) atoms. The van der Waals surface area contributed by atoms with E-state index < -0.39 is 0 Å². The normalized spacial score (nSPS) is 11.6. The van der Waals surface area contributed by atoms with Crippen LogP contribution in [-0.4, -0.2) is 0 Å². The number of furan rings is 2. The fourth-order valence-electron chi connectivity index (χ4n) is 4.81. The Kier molecular flexibility index (Phi) is 3.84. The highest BCUT2D eigenvalue weighted by atomic mass is 16.3. The zero-order chi connectivity index (χ0) is 21.8. The Balaban J connectivity index is 1.43. The van der Waals surface area contributed by atoms with Gasteiger partial charge in [-0.3, -0.25) is 0 Å². The Morgan fingerprint density at radius 1 is 0.424 bits per heavy atom. The van der Waals surface area contributed by atoms with E-state index >= 15 is 0 Å². The predicted octanol–water partition coefficient (Wildman–Crippen LogP) is 8.90. The van der Waals surface area contributed by atoms with Gasteiger partial charge in [0.2, 0.25) is 0 Å². The van der Waals surface area contributed by atoms with Gasteiger partial charge in [0.25, 0.3) is 0 Å². The maximum Gasteiger partial charge on any atom is 0.143 e. The van der Waals surface area contributed by atoms with Gasteiger partial charge in [-0.2, -0.15) is 0 Å². The third-order valence-electron chi connectivity index (χ3n) is 6.29. The molecule has 0 amide bonds. The third kappa shape index (κ3) is 2.76. The summed E-state index contributed by atoms with van der Waals surface area (Å²) in [5, 5.41) is 8.14. The second-order valence-electron chi connectivity index (χ2n) is 8.23. The second kappa shape index (κ2) is 7.01. The Morgan fingerprint density at radius 2 is 1.03 bits per heavy atom. The first-order valence-electron chi connectivity index (χ1n) is 11.0. The second-order valence-corrected chi connectivity index (χ2v) is 8.23. The van der Waals surface area contributed by atoms with E-state index in [1.165, 1.54) is 0 Å². The lowest BCUT2D eigenvalue weighted by Crippen LogP contribution is -1.94. The van der Waals surface area contributed by atoms with Gasteiger partial charge in [0.05, 0.1) is 11.1 Å². The van der Waals surface area contributed by atoms with E-state index in [0.29, 0.717) is 0 Å². The summed E-state index contributed by atoms with van der Waals surface area (Å²) in [5.41, 5.74) is 7.76. The summed E-state index contributed by atoms with van der Waals surface area (Å²) >= 11 is 0. The average molecular weight is 425 g/mol. The molecule has 3 nitrogen and oxygen atoms in total. The average Bonchev–Trinajstić information content (AvgIpc) is 3.43.